The van der Waals surface area contributed by atoms with Gasteiger partial charge in [-0.1, -0.05) is 30.3 Å². The molecule has 24 heavy (non-hydrogen) atoms. The highest BCUT2D eigenvalue weighted by Gasteiger charge is 2.48. The predicted molar refractivity (Wildman–Crippen MR) is 96.2 cm³/mol. The molecule has 1 aliphatic carbocycles. The topological polar surface area (TPSA) is 32.8 Å². The summed E-state index contributed by atoms with van der Waals surface area (Å²) >= 11 is 0. The van der Waals surface area contributed by atoms with Crippen LogP contribution in [0.3, 0.4) is 0 Å². The van der Waals surface area contributed by atoms with E-state index < -0.39 is 5.60 Å². The van der Waals surface area contributed by atoms with Gasteiger partial charge in [-0.3, -0.25) is 0 Å². The molecule has 4 nitrogen and oxygen atoms in total. The Labute approximate surface area is 145 Å². The Morgan fingerprint density at radius 2 is 1.79 bits per heavy atom. The lowest BCUT2D eigenvalue weighted by molar-refractivity contribution is 0.00639. The van der Waals surface area contributed by atoms with Crippen LogP contribution in [0.25, 0.3) is 0 Å². The normalized spacial score (nSPS) is 25.3. The Hall–Kier alpha value is -1.55. The highest BCUT2D eigenvalue weighted by atomic mass is 16.6. The highest BCUT2D eigenvalue weighted by Crippen LogP contribution is 2.46. The van der Waals surface area contributed by atoms with Crippen molar-refractivity contribution in [1.82, 2.24) is 9.80 Å². The van der Waals surface area contributed by atoms with Gasteiger partial charge >= 0.3 is 6.09 Å². The Morgan fingerprint density at radius 3 is 2.38 bits per heavy atom. The molecule has 1 aromatic carbocycles. The third-order valence-electron chi connectivity index (χ3n) is 5.03. The van der Waals surface area contributed by atoms with E-state index in [1.54, 1.807) is 0 Å². The molecule has 4 heteroatoms. The smallest absolute Gasteiger partial charge is 0.410 e. The molecule has 0 radical (unpaired) electrons. The first-order chi connectivity index (χ1) is 11.3. The molecular weight excluding hydrogens is 300 g/mol. The van der Waals surface area contributed by atoms with Gasteiger partial charge in [0.1, 0.15) is 5.60 Å². The van der Waals surface area contributed by atoms with Gasteiger partial charge in [0, 0.05) is 18.0 Å². The van der Waals surface area contributed by atoms with E-state index in [0.29, 0.717) is 12.0 Å². The van der Waals surface area contributed by atoms with Crippen molar-refractivity contribution in [2.24, 2.45) is 0 Å². The molecule has 132 valence electrons. The molecule has 1 saturated heterocycles. The lowest BCUT2D eigenvalue weighted by Gasteiger charge is -2.38. The van der Waals surface area contributed by atoms with E-state index in [0.717, 1.165) is 32.4 Å². The van der Waals surface area contributed by atoms with Crippen LogP contribution in [-0.2, 0) is 4.74 Å². The maximum atomic E-state index is 12.9. The molecule has 1 heterocycles. The molecule has 0 bridgehead atoms. The molecule has 0 spiro atoms. The number of nitrogens with zero attached hydrogens (tertiary/aromatic N) is 2. The van der Waals surface area contributed by atoms with Crippen molar-refractivity contribution in [3.8, 4) is 0 Å². The molecule has 1 saturated carbocycles. The molecule has 2 aliphatic rings. The van der Waals surface area contributed by atoms with Crippen LogP contribution in [0.15, 0.2) is 30.3 Å². The minimum absolute atomic E-state index is 0.138. The minimum atomic E-state index is -0.447. The van der Waals surface area contributed by atoms with Crippen molar-refractivity contribution in [3.63, 3.8) is 0 Å². The second-order valence-electron chi connectivity index (χ2n) is 8.24. The summed E-state index contributed by atoms with van der Waals surface area (Å²) in [5.41, 5.74) is 0.891. The van der Waals surface area contributed by atoms with Crippen molar-refractivity contribution < 1.29 is 9.53 Å². The zero-order valence-electron chi connectivity index (χ0n) is 15.4. The van der Waals surface area contributed by atoms with E-state index in [4.69, 9.17) is 4.74 Å². The number of ether oxygens (including phenoxy) is 1. The average Bonchev–Trinajstić information content (AvgIpc) is 3.29. The number of piperidine rings is 1. The van der Waals surface area contributed by atoms with Crippen molar-refractivity contribution >= 4 is 6.09 Å². The van der Waals surface area contributed by atoms with Gasteiger partial charge in [-0.25, -0.2) is 4.79 Å². The maximum Gasteiger partial charge on any atom is 0.410 e. The maximum absolute atomic E-state index is 12.9. The first kappa shape index (κ1) is 17.3. The summed E-state index contributed by atoms with van der Waals surface area (Å²) in [7, 11) is 2.15. The Balaban J connectivity index is 1.74. The molecule has 2 atom stereocenters. The number of hydrogen-bond acceptors (Lipinski definition) is 3. The van der Waals surface area contributed by atoms with Gasteiger partial charge in [0.25, 0.3) is 0 Å². The van der Waals surface area contributed by atoms with E-state index >= 15 is 0 Å². The molecule has 1 aromatic rings. The lowest BCUT2D eigenvalue weighted by atomic mass is 10.0. The predicted octanol–water partition coefficient (Wildman–Crippen LogP) is 3.87. The Bertz CT molecular complexity index is 559. The Morgan fingerprint density at radius 1 is 1.17 bits per heavy atom. The summed E-state index contributed by atoms with van der Waals surface area (Å²) < 4.78 is 5.74. The zero-order valence-corrected chi connectivity index (χ0v) is 15.4. The Kier molecular flexibility index (Phi) is 4.86. The summed E-state index contributed by atoms with van der Waals surface area (Å²) in [4.78, 5) is 17.3. The minimum Gasteiger partial charge on any atom is -0.444 e. The summed E-state index contributed by atoms with van der Waals surface area (Å²) in [6, 6.07) is 11.1. The SMILES string of the molecule is CN1CCC(N(C(=O)OC(C)(C)C)[C@@H]2C[C@H]2c2ccccc2)CC1. The van der Waals surface area contributed by atoms with Crippen LogP contribution in [0.2, 0.25) is 0 Å². The largest absolute Gasteiger partial charge is 0.444 e. The van der Waals surface area contributed by atoms with Crippen LogP contribution >= 0.6 is 0 Å². The monoisotopic (exact) mass is 330 g/mol. The van der Waals surface area contributed by atoms with Crippen LogP contribution in [0.5, 0.6) is 0 Å². The van der Waals surface area contributed by atoms with E-state index in [1.165, 1.54) is 5.56 Å². The van der Waals surface area contributed by atoms with Crippen LogP contribution in [-0.4, -0.2) is 53.7 Å². The van der Waals surface area contributed by atoms with Gasteiger partial charge in [-0.05, 0) is 65.7 Å². The van der Waals surface area contributed by atoms with Crippen molar-refractivity contribution in [2.75, 3.05) is 20.1 Å². The van der Waals surface area contributed by atoms with E-state index in [-0.39, 0.29) is 12.1 Å². The van der Waals surface area contributed by atoms with Crippen LogP contribution in [0, 0.1) is 0 Å². The van der Waals surface area contributed by atoms with Crippen LogP contribution in [0.1, 0.15) is 51.5 Å². The molecule has 1 aliphatic heterocycles. The van der Waals surface area contributed by atoms with E-state index in [2.05, 4.69) is 41.1 Å². The highest BCUT2D eigenvalue weighted by molar-refractivity contribution is 5.70. The fourth-order valence-electron chi connectivity index (χ4n) is 3.69. The quantitative estimate of drug-likeness (QED) is 0.843. The second kappa shape index (κ2) is 6.75. The second-order valence-corrected chi connectivity index (χ2v) is 8.24. The fourth-order valence-corrected chi connectivity index (χ4v) is 3.69. The molecule has 0 unspecified atom stereocenters. The number of likely N-dealkylation sites (tertiary alicyclic amines) is 1. The molecule has 3 rings (SSSR count). The first-order valence-electron chi connectivity index (χ1n) is 9.10. The van der Waals surface area contributed by atoms with Crippen molar-refractivity contribution in [2.45, 2.75) is 63.6 Å². The third-order valence-corrected chi connectivity index (χ3v) is 5.03. The first-order valence-corrected chi connectivity index (χ1v) is 9.10. The third kappa shape index (κ3) is 4.10. The van der Waals surface area contributed by atoms with Gasteiger partial charge in [-0.2, -0.15) is 0 Å². The summed E-state index contributed by atoms with van der Waals surface area (Å²) in [5, 5.41) is 0. The van der Waals surface area contributed by atoms with Gasteiger partial charge in [-0.15, -0.1) is 0 Å². The van der Waals surface area contributed by atoms with Crippen LogP contribution in [0.4, 0.5) is 4.79 Å². The number of carbonyl (C=O) groups excluding carboxylic acids is 1. The lowest BCUT2D eigenvalue weighted by Crippen LogP contribution is -2.49. The van der Waals surface area contributed by atoms with Gasteiger partial charge in [0.05, 0.1) is 0 Å². The zero-order chi connectivity index (χ0) is 17.3. The van der Waals surface area contributed by atoms with E-state index in [9.17, 15) is 4.79 Å². The number of rotatable bonds is 3. The number of benzene rings is 1. The molecule has 0 aromatic heterocycles. The van der Waals surface area contributed by atoms with Gasteiger partial charge < -0.3 is 14.5 Å². The molecule has 0 N–H and O–H groups in total. The molecule has 1 amide bonds. The molecule has 2 fully saturated rings. The number of amides is 1. The van der Waals surface area contributed by atoms with Crippen LogP contribution < -0.4 is 0 Å². The van der Waals surface area contributed by atoms with Gasteiger partial charge in [0.2, 0.25) is 0 Å². The number of hydrogen-bond donors (Lipinski definition) is 0. The fraction of sp³-hybridized carbons (Fsp3) is 0.650. The van der Waals surface area contributed by atoms with Gasteiger partial charge in [0.15, 0.2) is 0 Å². The standard InChI is InChI=1S/C20H30N2O2/c1-20(2,3)24-19(23)22(16-10-12-21(4)13-11-16)18-14-17(18)15-8-6-5-7-9-15/h5-9,16-18H,10-14H2,1-4H3/t17-,18+/m0/s1. The van der Waals surface area contributed by atoms with Crippen molar-refractivity contribution in [1.29, 1.82) is 0 Å². The summed E-state index contributed by atoms with van der Waals surface area (Å²) in [5.74, 6) is 0.457. The summed E-state index contributed by atoms with van der Waals surface area (Å²) in [6.45, 7) is 7.93. The van der Waals surface area contributed by atoms with Crippen molar-refractivity contribution in [3.05, 3.63) is 35.9 Å². The average molecular weight is 330 g/mol. The van der Waals surface area contributed by atoms with E-state index in [1.807, 2.05) is 26.8 Å². The number of carbonyl (C=O) groups is 1. The summed E-state index contributed by atoms with van der Waals surface area (Å²) in [6.07, 6.45) is 2.98. The molecular formula is C20H30N2O2.